The monoisotopic (exact) mass is 361 g/mol. The molecule has 0 bridgehead atoms. The number of carbonyl (C=O) groups is 1. The van der Waals surface area contributed by atoms with E-state index in [0.29, 0.717) is 18.0 Å². The smallest absolute Gasteiger partial charge is 0.411 e. The third-order valence-electron chi connectivity index (χ3n) is 4.10. The summed E-state index contributed by atoms with van der Waals surface area (Å²) in [4.78, 5) is 14.1. The molecule has 2 rings (SSSR count). The van der Waals surface area contributed by atoms with Crippen molar-refractivity contribution in [2.24, 2.45) is 0 Å². The van der Waals surface area contributed by atoms with Crippen LogP contribution >= 0.6 is 0 Å². The van der Waals surface area contributed by atoms with Crippen molar-refractivity contribution >= 4 is 5.91 Å². The van der Waals surface area contributed by atoms with Crippen LogP contribution in [0.5, 0.6) is 11.5 Å². The molecule has 1 amide bonds. The van der Waals surface area contributed by atoms with Gasteiger partial charge in [0.25, 0.3) is 0 Å². The van der Waals surface area contributed by atoms with Crippen molar-refractivity contribution in [1.82, 2.24) is 4.90 Å². The Morgan fingerprint density at radius 3 is 2.68 bits per heavy atom. The first-order chi connectivity index (χ1) is 11.9. The van der Waals surface area contributed by atoms with E-state index >= 15 is 0 Å². The normalized spacial score (nSPS) is 17.6. The molecular formula is C17H22F3NO4. The van der Waals surface area contributed by atoms with Crippen LogP contribution in [0.25, 0.3) is 0 Å². The van der Waals surface area contributed by atoms with Gasteiger partial charge in [-0.25, -0.2) is 0 Å². The number of rotatable bonds is 7. The van der Waals surface area contributed by atoms with E-state index in [1.807, 2.05) is 6.07 Å². The molecule has 1 atom stereocenters. The highest BCUT2D eigenvalue weighted by Crippen LogP contribution is 2.39. The molecule has 8 heteroatoms. The van der Waals surface area contributed by atoms with Gasteiger partial charge in [0, 0.05) is 12.1 Å². The van der Waals surface area contributed by atoms with Gasteiger partial charge in [0.05, 0.1) is 33.3 Å². The highest BCUT2D eigenvalue weighted by Gasteiger charge is 2.32. The fraction of sp³-hybridized carbons (Fsp3) is 0.588. The first-order valence-corrected chi connectivity index (χ1v) is 8.01. The molecule has 1 aromatic rings. The van der Waals surface area contributed by atoms with E-state index in [4.69, 9.17) is 9.47 Å². The van der Waals surface area contributed by atoms with Crippen molar-refractivity contribution in [1.29, 1.82) is 0 Å². The Kier molecular flexibility index (Phi) is 6.52. The van der Waals surface area contributed by atoms with E-state index in [2.05, 4.69) is 4.74 Å². The highest BCUT2D eigenvalue weighted by atomic mass is 19.4. The van der Waals surface area contributed by atoms with Crippen LogP contribution in [0.4, 0.5) is 13.2 Å². The largest absolute Gasteiger partial charge is 0.497 e. The molecule has 1 fully saturated rings. The molecule has 1 unspecified atom stereocenters. The lowest BCUT2D eigenvalue weighted by Gasteiger charge is -2.26. The second-order valence-corrected chi connectivity index (χ2v) is 5.77. The maximum absolute atomic E-state index is 12.4. The first kappa shape index (κ1) is 19.4. The quantitative estimate of drug-likeness (QED) is 0.699. The summed E-state index contributed by atoms with van der Waals surface area (Å²) in [6.07, 6.45) is -2.88. The Labute approximate surface area is 144 Å². The van der Waals surface area contributed by atoms with Crippen molar-refractivity contribution in [2.75, 3.05) is 34.0 Å². The molecule has 1 heterocycles. The Balaban J connectivity index is 2.03. The van der Waals surface area contributed by atoms with Crippen molar-refractivity contribution in [3.8, 4) is 11.5 Å². The van der Waals surface area contributed by atoms with E-state index in [0.717, 1.165) is 18.4 Å². The predicted molar refractivity (Wildman–Crippen MR) is 84.7 cm³/mol. The molecule has 0 aliphatic carbocycles. The summed E-state index contributed by atoms with van der Waals surface area (Å²) in [7, 11) is 3.11. The Morgan fingerprint density at radius 1 is 1.28 bits per heavy atom. The third kappa shape index (κ3) is 5.26. The van der Waals surface area contributed by atoms with E-state index < -0.39 is 12.8 Å². The lowest BCUT2D eigenvalue weighted by Crippen LogP contribution is -2.31. The SMILES string of the molecule is COc1ccc(OC)c(C2CCCN2C(=O)CCOCC(F)(F)F)c1. The summed E-state index contributed by atoms with van der Waals surface area (Å²) in [6.45, 7) is -1.03. The number of halogens is 3. The average Bonchev–Trinajstić information content (AvgIpc) is 3.06. The summed E-state index contributed by atoms with van der Waals surface area (Å²) >= 11 is 0. The van der Waals surface area contributed by atoms with Crippen LogP contribution in [-0.4, -0.2) is 51.0 Å². The van der Waals surface area contributed by atoms with Crippen LogP contribution in [0.1, 0.15) is 30.9 Å². The summed E-state index contributed by atoms with van der Waals surface area (Å²) < 4.78 is 51.4. The summed E-state index contributed by atoms with van der Waals surface area (Å²) in [5.74, 6) is 1.08. The zero-order valence-corrected chi connectivity index (χ0v) is 14.3. The van der Waals surface area contributed by atoms with E-state index in [9.17, 15) is 18.0 Å². The zero-order valence-electron chi connectivity index (χ0n) is 14.3. The molecule has 0 radical (unpaired) electrons. The number of nitrogens with zero attached hydrogens (tertiary/aromatic N) is 1. The number of hydrogen-bond donors (Lipinski definition) is 0. The van der Waals surface area contributed by atoms with Gasteiger partial charge < -0.3 is 19.1 Å². The van der Waals surface area contributed by atoms with Crippen LogP contribution in [-0.2, 0) is 9.53 Å². The van der Waals surface area contributed by atoms with Crippen molar-refractivity contribution in [3.63, 3.8) is 0 Å². The fourth-order valence-electron chi connectivity index (χ4n) is 2.98. The van der Waals surface area contributed by atoms with E-state index in [-0.39, 0.29) is 25.0 Å². The van der Waals surface area contributed by atoms with Gasteiger partial charge in [-0.05, 0) is 31.0 Å². The highest BCUT2D eigenvalue weighted by molar-refractivity contribution is 5.77. The van der Waals surface area contributed by atoms with E-state index in [1.54, 1.807) is 31.3 Å². The van der Waals surface area contributed by atoms with E-state index in [1.165, 1.54) is 0 Å². The van der Waals surface area contributed by atoms with Crippen LogP contribution < -0.4 is 9.47 Å². The average molecular weight is 361 g/mol. The number of benzene rings is 1. The minimum Gasteiger partial charge on any atom is -0.497 e. The van der Waals surface area contributed by atoms with Crippen molar-refractivity contribution in [2.45, 2.75) is 31.5 Å². The predicted octanol–water partition coefficient (Wildman–Crippen LogP) is 3.34. The molecule has 1 aliphatic rings. The van der Waals surface area contributed by atoms with Crippen LogP contribution in [0.3, 0.4) is 0 Å². The number of ether oxygens (including phenoxy) is 3. The Hall–Kier alpha value is -1.96. The van der Waals surface area contributed by atoms with Gasteiger partial charge in [-0.15, -0.1) is 0 Å². The minimum atomic E-state index is -4.38. The summed E-state index contributed by atoms with van der Waals surface area (Å²) in [5.41, 5.74) is 0.837. The Morgan fingerprint density at radius 2 is 2.04 bits per heavy atom. The lowest BCUT2D eigenvalue weighted by atomic mass is 10.0. The lowest BCUT2D eigenvalue weighted by molar-refractivity contribution is -0.175. The molecule has 0 aromatic heterocycles. The maximum atomic E-state index is 12.4. The van der Waals surface area contributed by atoms with Gasteiger partial charge >= 0.3 is 6.18 Å². The van der Waals surface area contributed by atoms with Gasteiger partial charge in [0.1, 0.15) is 18.1 Å². The molecule has 140 valence electrons. The maximum Gasteiger partial charge on any atom is 0.411 e. The Bertz CT molecular complexity index is 592. The molecule has 0 spiro atoms. The van der Waals surface area contributed by atoms with Gasteiger partial charge in [-0.3, -0.25) is 4.79 Å². The second-order valence-electron chi connectivity index (χ2n) is 5.77. The van der Waals surface area contributed by atoms with Crippen LogP contribution in [0.15, 0.2) is 18.2 Å². The third-order valence-corrected chi connectivity index (χ3v) is 4.10. The number of alkyl halides is 3. The van der Waals surface area contributed by atoms with Crippen molar-refractivity contribution < 1.29 is 32.2 Å². The number of amides is 1. The topological polar surface area (TPSA) is 48.0 Å². The van der Waals surface area contributed by atoms with Gasteiger partial charge in [0.2, 0.25) is 5.91 Å². The number of methoxy groups -OCH3 is 2. The van der Waals surface area contributed by atoms with Crippen LogP contribution in [0.2, 0.25) is 0 Å². The first-order valence-electron chi connectivity index (χ1n) is 8.01. The second kappa shape index (κ2) is 8.42. The number of likely N-dealkylation sites (tertiary alicyclic amines) is 1. The number of carbonyl (C=O) groups excluding carboxylic acids is 1. The van der Waals surface area contributed by atoms with Gasteiger partial charge in [-0.2, -0.15) is 13.2 Å². The molecular weight excluding hydrogens is 339 g/mol. The standard InChI is InChI=1S/C17H22F3NO4/c1-23-12-5-6-15(24-2)13(10-12)14-4-3-8-21(14)16(22)7-9-25-11-17(18,19)20/h5-6,10,14H,3-4,7-9,11H2,1-2H3. The summed E-state index contributed by atoms with van der Waals surface area (Å²) in [5, 5.41) is 0. The minimum absolute atomic E-state index is 0.0845. The molecule has 1 saturated heterocycles. The van der Waals surface area contributed by atoms with Crippen molar-refractivity contribution in [3.05, 3.63) is 23.8 Å². The van der Waals surface area contributed by atoms with Gasteiger partial charge in [-0.1, -0.05) is 0 Å². The van der Waals surface area contributed by atoms with Gasteiger partial charge in [0.15, 0.2) is 0 Å². The summed E-state index contributed by atoms with van der Waals surface area (Å²) in [6, 6.07) is 5.20. The molecule has 0 N–H and O–H groups in total. The molecule has 0 saturated carbocycles. The molecule has 1 aliphatic heterocycles. The zero-order chi connectivity index (χ0) is 18.4. The molecule has 5 nitrogen and oxygen atoms in total. The van der Waals surface area contributed by atoms with Crippen LogP contribution in [0, 0.1) is 0 Å². The fourth-order valence-corrected chi connectivity index (χ4v) is 2.98. The molecule has 1 aromatic carbocycles. The number of hydrogen-bond acceptors (Lipinski definition) is 4. The molecule has 25 heavy (non-hydrogen) atoms.